The molecule has 152 valence electrons. The maximum Gasteiger partial charge on any atom is 0.258 e. The van der Waals surface area contributed by atoms with Gasteiger partial charge in [-0.25, -0.2) is 13.4 Å². The second-order valence-corrected chi connectivity index (χ2v) is 10.9. The van der Waals surface area contributed by atoms with Crippen LogP contribution in [0.2, 0.25) is 0 Å². The first-order chi connectivity index (χ1) is 13.8. The first-order valence-corrected chi connectivity index (χ1v) is 12.9. The molecule has 2 N–H and O–H groups in total. The summed E-state index contributed by atoms with van der Waals surface area (Å²) in [5.41, 5.74) is 4.04. The number of thiazole rings is 1. The van der Waals surface area contributed by atoms with E-state index in [4.69, 9.17) is 0 Å². The van der Waals surface area contributed by atoms with Crippen LogP contribution in [-0.4, -0.2) is 25.6 Å². The molecule has 1 aliphatic rings. The van der Waals surface area contributed by atoms with Gasteiger partial charge in [0.2, 0.25) is 10.0 Å². The number of carbonyl (C=O) groups excluding carboxylic acids is 1. The van der Waals surface area contributed by atoms with Crippen LogP contribution in [0.4, 0.5) is 10.8 Å². The van der Waals surface area contributed by atoms with E-state index in [9.17, 15) is 13.2 Å². The van der Waals surface area contributed by atoms with Gasteiger partial charge >= 0.3 is 0 Å². The van der Waals surface area contributed by atoms with Crippen LogP contribution in [0, 0.1) is 5.92 Å². The van der Waals surface area contributed by atoms with E-state index < -0.39 is 10.0 Å². The molecule has 0 saturated heterocycles. The van der Waals surface area contributed by atoms with Gasteiger partial charge in [0, 0.05) is 26.9 Å². The number of sulfonamides is 1. The molecule has 0 aliphatic heterocycles. The molecule has 2 heterocycles. The number of amides is 1. The van der Waals surface area contributed by atoms with E-state index in [0.717, 1.165) is 42.3 Å². The summed E-state index contributed by atoms with van der Waals surface area (Å²) >= 11 is 3.05. The van der Waals surface area contributed by atoms with E-state index in [1.54, 1.807) is 35.6 Å². The lowest BCUT2D eigenvalue weighted by atomic mass is 9.88. The lowest BCUT2D eigenvalue weighted by Gasteiger charge is -2.18. The highest BCUT2D eigenvalue weighted by molar-refractivity contribution is 7.92. The highest BCUT2D eigenvalue weighted by atomic mass is 32.2. The van der Waals surface area contributed by atoms with E-state index in [2.05, 4.69) is 21.9 Å². The fourth-order valence-corrected chi connectivity index (χ4v) is 5.94. The number of fused-ring (bicyclic) bond motifs is 1. The average Bonchev–Trinajstić information content (AvgIpc) is 3.27. The smallest absolute Gasteiger partial charge is 0.258 e. The predicted octanol–water partition coefficient (Wildman–Crippen LogP) is 4.62. The molecule has 0 spiro atoms. The van der Waals surface area contributed by atoms with Crippen molar-refractivity contribution in [3.05, 3.63) is 51.0 Å². The van der Waals surface area contributed by atoms with Crippen molar-refractivity contribution in [2.24, 2.45) is 5.92 Å². The summed E-state index contributed by atoms with van der Waals surface area (Å²) < 4.78 is 25.0. The molecule has 3 aromatic rings. The standard InChI is InChI=1S/C20H21N3O3S3/c1-12-3-8-15-16(10-27-18(15)9-12)19(24)22-20-21-17(11-28-20)13-4-6-14(7-5-13)23-29(2,25)26/h4-7,10-12,23H,3,8-9H2,1-2H3,(H,21,22,24). The van der Waals surface area contributed by atoms with Crippen molar-refractivity contribution in [2.75, 3.05) is 16.3 Å². The zero-order chi connectivity index (χ0) is 20.6. The minimum Gasteiger partial charge on any atom is -0.298 e. The number of hydrogen-bond acceptors (Lipinski definition) is 6. The number of hydrogen-bond donors (Lipinski definition) is 2. The summed E-state index contributed by atoms with van der Waals surface area (Å²) in [5.74, 6) is 0.572. The molecule has 4 rings (SSSR count). The summed E-state index contributed by atoms with van der Waals surface area (Å²) in [6, 6.07) is 6.97. The topological polar surface area (TPSA) is 88.2 Å². The monoisotopic (exact) mass is 447 g/mol. The highest BCUT2D eigenvalue weighted by Gasteiger charge is 2.23. The van der Waals surface area contributed by atoms with Crippen molar-refractivity contribution in [2.45, 2.75) is 26.2 Å². The number of aromatic nitrogens is 1. The van der Waals surface area contributed by atoms with Gasteiger partial charge in [-0.1, -0.05) is 19.1 Å². The Morgan fingerprint density at radius 1 is 1.17 bits per heavy atom. The van der Waals surface area contributed by atoms with Crippen LogP contribution in [0.1, 0.15) is 34.1 Å². The molecule has 6 nitrogen and oxygen atoms in total. The first-order valence-electron chi connectivity index (χ1n) is 9.23. The number of anilines is 2. The van der Waals surface area contributed by atoms with Crippen LogP contribution < -0.4 is 10.0 Å². The molecule has 0 fully saturated rings. The number of nitrogens with zero attached hydrogens (tertiary/aromatic N) is 1. The maximum absolute atomic E-state index is 12.7. The minimum absolute atomic E-state index is 0.106. The Balaban J connectivity index is 1.46. The fraction of sp³-hybridized carbons (Fsp3) is 0.300. The zero-order valence-corrected chi connectivity index (χ0v) is 18.5. The predicted molar refractivity (Wildman–Crippen MR) is 119 cm³/mol. The Bertz CT molecular complexity index is 1150. The normalized spacial score (nSPS) is 16.3. The van der Waals surface area contributed by atoms with E-state index in [-0.39, 0.29) is 5.91 Å². The third kappa shape index (κ3) is 4.68. The number of nitrogens with one attached hydrogen (secondary N) is 2. The van der Waals surface area contributed by atoms with Crippen molar-refractivity contribution in [3.8, 4) is 11.3 Å². The van der Waals surface area contributed by atoms with Crippen molar-refractivity contribution in [1.29, 1.82) is 0 Å². The number of carbonyl (C=O) groups is 1. The van der Waals surface area contributed by atoms with Crippen LogP contribution in [0.15, 0.2) is 35.0 Å². The summed E-state index contributed by atoms with van der Waals surface area (Å²) in [5, 5.41) is 7.30. The molecular formula is C20H21N3O3S3. The Morgan fingerprint density at radius 3 is 2.66 bits per heavy atom. The number of rotatable bonds is 5. The van der Waals surface area contributed by atoms with Crippen LogP contribution in [0.5, 0.6) is 0 Å². The Labute approximate surface area is 178 Å². The minimum atomic E-state index is -3.31. The van der Waals surface area contributed by atoms with Gasteiger partial charge in [-0.3, -0.25) is 14.8 Å². The second kappa shape index (κ2) is 7.89. The summed E-state index contributed by atoms with van der Waals surface area (Å²) in [6.07, 6.45) is 4.25. The van der Waals surface area contributed by atoms with Crippen LogP contribution in [0.3, 0.4) is 0 Å². The molecule has 0 radical (unpaired) electrons. The lowest BCUT2D eigenvalue weighted by Crippen LogP contribution is -2.16. The molecular weight excluding hydrogens is 426 g/mol. The van der Waals surface area contributed by atoms with Crippen molar-refractivity contribution in [3.63, 3.8) is 0 Å². The van der Waals surface area contributed by atoms with Gasteiger partial charge in [0.05, 0.1) is 17.5 Å². The molecule has 1 unspecified atom stereocenters. The molecule has 1 aliphatic carbocycles. The van der Waals surface area contributed by atoms with Crippen LogP contribution in [-0.2, 0) is 22.9 Å². The zero-order valence-electron chi connectivity index (χ0n) is 16.1. The number of benzene rings is 1. The molecule has 0 saturated carbocycles. The van der Waals surface area contributed by atoms with Crippen LogP contribution in [0.25, 0.3) is 11.3 Å². The molecule has 9 heteroatoms. The SMILES string of the molecule is CC1CCc2c(C(=O)Nc3nc(-c4ccc(NS(C)(=O)=O)cc4)cs3)csc2C1. The first kappa shape index (κ1) is 20.1. The van der Waals surface area contributed by atoms with E-state index in [0.29, 0.717) is 16.7 Å². The van der Waals surface area contributed by atoms with E-state index >= 15 is 0 Å². The summed E-state index contributed by atoms with van der Waals surface area (Å²) in [4.78, 5) is 18.6. The largest absolute Gasteiger partial charge is 0.298 e. The van der Waals surface area contributed by atoms with Crippen molar-refractivity contribution < 1.29 is 13.2 Å². The molecule has 2 aromatic heterocycles. The molecule has 29 heavy (non-hydrogen) atoms. The molecule has 1 atom stereocenters. The van der Waals surface area contributed by atoms with Crippen LogP contribution >= 0.6 is 22.7 Å². The Morgan fingerprint density at radius 2 is 1.93 bits per heavy atom. The van der Waals surface area contributed by atoms with E-state index in [1.165, 1.54) is 21.8 Å². The van der Waals surface area contributed by atoms with Crippen molar-refractivity contribution >= 4 is 49.4 Å². The third-order valence-corrected chi connectivity index (χ3v) is 7.27. The fourth-order valence-electron chi connectivity index (χ4n) is 3.42. The van der Waals surface area contributed by atoms with Gasteiger partial charge in [-0.05, 0) is 42.9 Å². The third-order valence-electron chi connectivity index (χ3n) is 4.85. The van der Waals surface area contributed by atoms with Gasteiger partial charge in [-0.2, -0.15) is 0 Å². The molecule has 1 amide bonds. The summed E-state index contributed by atoms with van der Waals surface area (Å²) in [6.45, 7) is 2.25. The van der Waals surface area contributed by atoms with Gasteiger partial charge in [0.1, 0.15) is 0 Å². The van der Waals surface area contributed by atoms with Crippen molar-refractivity contribution in [1.82, 2.24) is 4.98 Å². The second-order valence-electron chi connectivity index (χ2n) is 7.34. The Kier molecular flexibility index (Phi) is 5.46. The van der Waals surface area contributed by atoms with Gasteiger partial charge in [0.25, 0.3) is 5.91 Å². The van der Waals surface area contributed by atoms with E-state index in [1.807, 2.05) is 10.8 Å². The quantitative estimate of drug-likeness (QED) is 0.597. The Hall–Kier alpha value is -2.23. The lowest BCUT2D eigenvalue weighted by molar-refractivity contribution is 0.102. The maximum atomic E-state index is 12.7. The highest BCUT2D eigenvalue weighted by Crippen LogP contribution is 2.33. The summed E-state index contributed by atoms with van der Waals surface area (Å²) in [7, 11) is -3.31. The van der Waals surface area contributed by atoms with Gasteiger partial charge in [-0.15, -0.1) is 22.7 Å². The van der Waals surface area contributed by atoms with Gasteiger partial charge in [0.15, 0.2) is 5.13 Å². The van der Waals surface area contributed by atoms with Gasteiger partial charge < -0.3 is 0 Å². The number of thiophene rings is 1. The molecule has 1 aromatic carbocycles. The average molecular weight is 448 g/mol. The molecule has 0 bridgehead atoms.